The highest BCUT2D eigenvalue weighted by atomic mass is 35.5. The summed E-state index contributed by atoms with van der Waals surface area (Å²) in [6.07, 6.45) is 11.9. The van der Waals surface area contributed by atoms with Gasteiger partial charge in [-0.1, -0.05) is 79.0 Å². The van der Waals surface area contributed by atoms with Gasteiger partial charge in [-0.2, -0.15) is 0 Å². The lowest BCUT2D eigenvalue weighted by Gasteiger charge is -2.40. The maximum atomic E-state index is 12.8. The predicted octanol–water partition coefficient (Wildman–Crippen LogP) is 9.34. The van der Waals surface area contributed by atoms with Crippen molar-refractivity contribution in [3.63, 3.8) is 0 Å². The maximum Gasteiger partial charge on any atom is 0.321 e. The third-order valence-corrected chi connectivity index (χ3v) is 8.19. The number of nitrogens with one attached hydrogen (secondary N) is 1. The van der Waals surface area contributed by atoms with Crippen molar-refractivity contribution in [3.8, 4) is 0 Å². The number of nitrogens with zero attached hydrogens (tertiary/aromatic N) is 1. The molecule has 2 aromatic carbocycles. The van der Waals surface area contributed by atoms with Crippen molar-refractivity contribution in [2.45, 2.75) is 58.3 Å². The molecule has 37 heavy (non-hydrogen) atoms. The highest BCUT2D eigenvalue weighted by Crippen LogP contribution is 2.53. The van der Waals surface area contributed by atoms with Crippen LogP contribution in [0.1, 0.15) is 68.1 Å². The van der Waals surface area contributed by atoms with E-state index in [4.69, 9.17) is 34.8 Å². The average Bonchev–Trinajstić information content (AvgIpc) is 3.32. The number of hydrogen-bond donors (Lipinski definition) is 1. The fraction of sp³-hybridized carbons (Fsp3) is 0.452. The van der Waals surface area contributed by atoms with Crippen molar-refractivity contribution in [2.75, 3.05) is 19.0 Å². The number of hydrogen-bond acceptors (Lipinski definition) is 1. The standard InChI is InChI=1S/C27H32Cl2N2O.C4H7Cl/c1-3-4-5-14-30-27(32)31-16-20-9-13-23(22-12-6-18(2)15-25(22)29)26(24(20)17-31)19-7-10-21(28)11-8-19;1-2-3-4-5/h5-8,10-12,14-15,20,23-24,26H,3-4,9,13,16-17H2,1-2H3,(H,30,32);2-3H,4H2,1H3/b14-5+;3-2-. The summed E-state index contributed by atoms with van der Waals surface area (Å²) in [6.45, 7) is 7.74. The van der Waals surface area contributed by atoms with Gasteiger partial charge < -0.3 is 10.2 Å². The van der Waals surface area contributed by atoms with Crippen molar-refractivity contribution in [3.05, 3.63) is 93.6 Å². The van der Waals surface area contributed by atoms with Gasteiger partial charge in [-0.05, 0) is 91.7 Å². The molecule has 1 N–H and O–H groups in total. The molecule has 200 valence electrons. The minimum Gasteiger partial charge on any atom is -0.324 e. The van der Waals surface area contributed by atoms with Gasteiger partial charge in [0.25, 0.3) is 0 Å². The van der Waals surface area contributed by atoms with Gasteiger partial charge in [-0.25, -0.2) is 4.79 Å². The second-order valence-corrected chi connectivity index (χ2v) is 11.1. The Kier molecular flexibility index (Phi) is 11.9. The number of amides is 2. The van der Waals surface area contributed by atoms with E-state index in [1.807, 2.05) is 42.2 Å². The molecule has 0 bridgehead atoms. The van der Waals surface area contributed by atoms with E-state index in [2.05, 4.69) is 49.5 Å². The first kappa shape index (κ1) is 29.6. The monoisotopic (exact) mass is 560 g/mol. The SMILES string of the molecule is C/C=C\CCl.CCC/C=C/NC(=O)N1CC2CCC(c3ccc(C)cc3Cl)C(c3ccc(Cl)cc3)C2C1. The molecule has 0 radical (unpaired) electrons. The van der Waals surface area contributed by atoms with Crippen LogP contribution in [0.4, 0.5) is 4.79 Å². The molecule has 4 unspecified atom stereocenters. The van der Waals surface area contributed by atoms with Crippen LogP contribution in [0.2, 0.25) is 10.0 Å². The van der Waals surface area contributed by atoms with Gasteiger partial charge in [0.15, 0.2) is 0 Å². The van der Waals surface area contributed by atoms with E-state index in [0.29, 0.717) is 29.6 Å². The van der Waals surface area contributed by atoms with Gasteiger partial charge in [0, 0.05) is 35.2 Å². The highest BCUT2D eigenvalue weighted by Gasteiger charge is 2.46. The van der Waals surface area contributed by atoms with Crippen molar-refractivity contribution < 1.29 is 4.79 Å². The zero-order valence-corrected chi connectivity index (χ0v) is 24.4. The van der Waals surface area contributed by atoms with Crippen LogP contribution < -0.4 is 5.32 Å². The quantitative estimate of drug-likeness (QED) is 0.276. The van der Waals surface area contributed by atoms with E-state index in [-0.39, 0.29) is 6.03 Å². The average molecular weight is 562 g/mol. The molecule has 1 saturated heterocycles. The van der Waals surface area contributed by atoms with Gasteiger partial charge >= 0.3 is 6.03 Å². The molecule has 2 aromatic rings. The number of alkyl halides is 1. The smallest absolute Gasteiger partial charge is 0.321 e. The number of aryl methyl sites for hydroxylation is 1. The van der Waals surface area contributed by atoms with Crippen molar-refractivity contribution in [2.24, 2.45) is 11.8 Å². The second kappa shape index (κ2) is 14.9. The number of benzene rings is 2. The van der Waals surface area contributed by atoms with Crippen LogP contribution in [0.15, 0.2) is 66.9 Å². The van der Waals surface area contributed by atoms with Crippen LogP contribution in [-0.4, -0.2) is 29.9 Å². The molecule has 2 amide bonds. The summed E-state index contributed by atoms with van der Waals surface area (Å²) in [6, 6.07) is 14.7. The van der Waals surface area contributed by atoms with Crippen LogP contribution in [0, 0.1) is 18.8 Å². The van der Waals surface area contributed by atoms with E-state index in [0.717, 1.165) is 48.8 Å². The van der Waals surface area contributed by atoms with E-state index >= 15 is 0 Å². The first-order valence-corrected chi connectivity index (χ1v) is 14.6. The number of urea groups is 1. The molecule has 4 rings (SSSR count). The van der Waals surface area contributed by atoms with Crippen molar-refractivity contribution >= 4 is 40.8 Å². The normalized spacial score (nSPS) is 23.1. The summed E-state index contributed by atoms with van der Waals surface area (Å²) in [5.74, 6) is 2.17. The summed E-state index contributed by atoms with van der Waals surface area (Å²) in [7, 11) is 0. The molecular formula is C31H39Cl3N2O. The predicted molar refractivity (Wildman–Crippen MR) is 159 cm³/mol. The van der Waals surface area contributed by atoms with Crippen LogP contribution in [0.3, 0.4) is 0 Å². The Bertz CT molecular complexity index is 1070. The van der Waals surface area contributed by atoms with Gasteiger partial charge in [0.2, 0.25) is 0 Å². The number of allylic oxidation sites excluding steroid dienone is 3. The van der Waals surface area contributed by atoms with Crippen molar-refractivity contribution in [1.82, 2.24) is 10.2 Å². The Morgan fingerprint density at radius 1 is 1.08 bits per heavy atom. The number of carbonyl (C=O) groups is 1. The minimum atomic E-state index is 0.00604. The Morgan fingerprint density at radius 3 is 2.46 bits per heavy atom. The topological polar surface area (TPSA) is 32.3 Å². The lowest BCUT2D eigenvalue weighted by molar-refractivity contribution is 0.209. The Morgan fingerprint density at radius 2 is 1.84 bits per heavy atom. The highest BCUT2D eigenvalue weighted by molar-refractivity contribution is 6.31. The molecule has 2 aliphatic rings. The molecule has 0 spiro atoms. The summed E-state index contributed by atoms with van der Waals surface area (Å²) >= 11 is 18.2. The van der Waals surface area contributed by atoms with Crippen molar-refractivity contribution in [1.29, 1.82) is 0 Å². The Hall–Kier alpha value is -1.94. The number of carbonyl (C=O) groups excluding carboxylic acids is 1. The molecule has 4 atom stereocenters. The molecule has 1 saturated carbocycles. The number of halogens is 3. The zero-order valence-electron chi connectivity index (χ0n) is 22.1. The molecule has 3 nitrogen and oxygen atoms in total. The third-order valence-electron chi connectivity index (χ3n) is 7.44. The molecule has 1 aliphatic carbocycles. The summed E-state index contributed by atoms with van der Waals surface area (Å²) < 4.78 is 0. The number of unbranched alkanes of at least 4 members (excludes halogenated alkanes) is 1. The van der Waals surface area contributed by atoms with E-state index < -0.39 is 0 Å². The number of rotatable bonds is 6. The van der Waals surface area contributed by atoms with Crippen LogP contribution >= 0.6 is 34.8 Å². The number of fused-ring (bicyclic) bond motifs is 1. The zero-order chi connectivity index (χ0) is 26.8. The first-order valence-electron chi connectivity index (χ1n) is 13.3. The number of likely N-dealkylation sites (tertiary alicyclic amines) is 1. The van der Waals surface area contributed by atoms with Gasteiger partial charge in [-0.15, -0.1) is 11.6 Å². The summed E-state index contributed by atoms with van der Waals surface area (Å²) in [4.78, 5) is 14.8. The first-order chi connectivity index (χ1) is 17.9. The van der Waals surface area contributed by atoms with Crippen LogP contribution in [-0.2, 0) is 0 Å². The molecule has 1 heterocycles. The van der Waals surface area contributed by atoms with Crippen LogP contribution in [0.5, 0.6) is 0 Å². The van der Waals surface area contributed by atoms with Gasteiger partial charge in [0.05, 0.1) is 0 Å². The molecule has 6 heteroatoms. The largest absolute Gasteiger partial charge is 0.324 e. The van der Waals surface area contributed by atoms with E-state index in [1.165, 1.54) is 16.7 Å². The van der Waals surface area contributed by atoms with Crippen LogP contribution in [0.25, 0.3) is 0 Å². The van der Waals surface area contributed by atoms with E-state index in [9.17, 15) is 4.79 Å². The third kappa shape index (κ3) is 8.02. The molecule has 1 aliphatic heterocycles. The molecule has 2 fully saturated rings. The molecule has 0 aromatic heterocycles. The maximum absolute atomic E-state index is 12.8. The fourth-order valence-electron chi connectivity index (χ4n) is 5.65. The lowest BCUT2D eigenvalue weighted by Crippen LogP contribution is -2.36. The van der Waals surface area contributed by atoms with Gasteiger partial charge in [-0.3, -0.25) is 0 Å². The lowest BCUT2D eigenvalue weighted by atomic mass is 9.63. The fourth-order valence-corrected chi connectivity index (χ4v) is 6.33. The Labute approximate surface area is 237 Å². The summed E-state index contributed by atoms with van der Waals surface area (Å²) in [5, 5.41) is 4.55. The van der Waals surface area contributed by atoms with E-state index in [1.54, 1.807) is 6.20 Å². The van der Waals surface area contributed by atoms with Gasteiger partial charge in [0.1, 0.15) is 0 Å². The molecular weight excluding hydrogens is 523 g/mol. The summed E-state index contributed by atoms with van der Waals surface area (Å²) in [5.41, 5.74) is 3.69. The second-order valence-electron chi connectivity index (χ2n) is 9.98. The minimum absolute atomic E-state index is 0.00604. The Balaban J connectivity index is 0.000000695.